The molecule has 94 valence electrons. The molecule has 0 radical (unpaired) electrons. The van der Waals surface area contributed by atoms with Crippen molar-refractivity contribution in [1.82, 2.24) is 0 Å². The fourth-order valence-electron chi connectivity index (χ4n) is 1.66. The van der Waals surface area contributed by atoms with Crippen LogP contribution in [0, 0.1) is 0 Å². The summed E-state index contributed by atoms with van der Waals surface area (Å²) in [5.41, 5.74) is 0.749. The minimum Gasteiger partial charge on any atom is -0.389 e. The average Bonchev–Trinajstić information content (AvgIpc) is 2.46. The molecule has 3 heteroatoms. The van der Waals surface area contributed by atoms with Crippen LogP contribution in [0.5, 0.6) is 0 Å². The highest BCUT2D eigenvalue weighted by Gasteiger charge is 2.17. The molecule has 0 aromatic heterocycles. The quantitative estimate of drug-likeness (QED) is 0.812. The molecule has 0 aliphatic heterocycles. The number of rotatable bonds is 5. The van der Waals surface area contributed by atoms with Gasteiger partial charge in [-0.05, 0) is 17.7 Å². The van der Waals surface area contributed by atoms with Crippen LogP contribution in [0.25, 0.3) is 0 Å². The van der Waals surface area contributed by atoms with Gasteiger partial charge in [0.2, 0.25) is 0 Å². The van der Waals surface area contributed by atoms with Gasteiger partial charge in [0.1, 0.15) is 6.10 Å². The number of thioether (sulfide) groups is 1. The second-order valence-corrected chi connectivity index (χ2v) is 5.14. The topological polar surface area (TPSA) is 40.5 Å². The van der Waals surface area contributed by atoms with E-state index in [1.807, 2.05) is 60.7 Å². The molecule has 18 heavy (non-hydrogen) atoms. The van der Waals surface area contributed by atoms with Crippen LogP contribution in [-0.4, -0.2) is 22.1 Å². The second-order valence-electron chi connectivity index (χ2n) is 4.05. The lowest BCUT2D eigenvalue weighted by atomic mass is 10.1. The zero-order valence-corrected chi connectivity index (χ0v) is 10.8. The Kier molecular flexibility index (Phi) is 4.81. The summed E-state index contributed by atoms with van der Waals surface area (Å²) in [4.78, 5) is 1.09. The highest BCUT2D eigenvalue weighted by atomic mass is 32.2. The highest BCUT2D eigenvalue weighted by Crippen LogP contribution is 2.23. The van der Waals surface area contributed by atoms with Crippen molar-refractivity contribution in [3.05, 3.63) is 66.2 Å². The van der Waals surface area contributed by atoms with Crippen LogP contribution in [0.3, 0.4) is 0 Å². The predicted octanol–water partition coefficient (Wildman–Crippen LogP) is 2.87. The minimum atomic E-state index is -0.831. The SMILES string of the molecule is O[C@H](CSc1ccccc1)[C@H](O)c1ccccc1. The molecule has 0 saturated heterocycles. The van der Waals surface area contributed by atoms with E-state index in [1.54, 1.807) is 11.8 Å². The van der Waals surface area contributed by atoms with E-state index < -0.39 is 12.2 Å². The fourth-order valence-corrected chi connectivity index (χ4v) is 2.56. The average molecular weight is 260 g/mol. The van der Waals surface area contributed by atoms with Crippen molar-refractivity contribution in [2.24, 2.45) is 0 Å². The first-order valence-corrected chi connectivity index (χ1v) is 6.85. The molecule has 0 aliphatic rings. The Morgan fingerprint density at radius 3 is 2.00 bits per heavy atom. The smallest absolute Gasteiger partial charge is 0.106 e. The van der Waals surface area contributed by atoms with E-state index in [-0.39, 0.29) is 0 Å². The summed E-state index contributed by atoms with van der Waals surface area (Å²) in [5, 5.41) is 20.0. The molecule has 0 unspecified atom stereocenters. The molecular weight excluding hydrogens is 244 g/mol. The Morgan fingerprint density at radius 2 is 1.39 bits per heavy atom. The van der Waals surface area contributed by atoms with Crippen LogP contribution in [0.15, 0.2) is 65.6 Å². The normalized spacial score (nSPS) is 14.1. The monoisotopic (exact) mass is 260 g/mol. The van der Waals surface area contributed by atoms with Crippen LogP contribution >= 0.6 is 11.8 Å². The Hall–Kier alpha value is -1.29. The van der Waals surface area contributed by atoms with Crippen LogP contribution in [0.2, 0.25) is 0 Å². The lowest BCUT2D eigenvalue weighted by Gasteiger charge is -2.17. The van der Waals surface area contributed by atoms with E-state index in [9.17, 15) is 10.2 Å². The lowest BCUT2D eigenvalue weighted by Crippen LogP contribution is -2.20. The zero-order chi connectivity index (χ0) is 12.8. The number of aliphatic hydroxyl groups excluding tert-OH is 2. The van der Waals surface area contributed by atoms with Gasteiger partial charge in [0.05, 0.1) is 6.10 Å². The first-order chi connectivity index (χ1) is 8.77. The lowest BCUT2D eigenvalue weighted by molar-refractivity contribution is 0.0335. The standard InChI is InChI=1S/C15H16O2S/c16-14(11-18-13-9-5-2-6-10-13)15(17)12-7-3-1-4-8-12/h1-10,14-17H,11H2/t14-,15-/m1/s1. The van der Waals surface area contributed by atoms with Crippen molar-refractivity contribution in [2.45, 2.75) is 17.1 Å². The maximum Gasteiger partial charge on any atom is 0.106 e. The summed E-state index contributed by atoms with van der Waals surface area (Å²) in [6, 6.07) is 19.1. The molecule has 0 aliphatic carbocycles. The molecule has 2 N–H and O–H groups in total. The van der Waals surface area contributed by atoms with Gasteiger partial charge in [-0.25, -0.2) is 0 Å². The third kappa shape index (κ3) is 3.60. The Balaban J connectivity index is 1.90. The van der Waals surface area contributed by atoms with Gasteiger partial charge < -0.3 is 10.2 Å². The molecule has 2 aromatic carbocycles. The number of hydrogen-bond donors (Lipinski definition) is 2. The van der Waals surface area contributed by atoms with Crippen molar-refractivity contribution in [2.75, 3.05) is 5.75 Å². The summed E-state index contributed by atoms with van der Waals surface area (Å²) < 4.78 is 0. The van der Waals surface area contributed by atoms with E-state index in [0.717, 1.165) is 10.5 Å². The summed E-state index contributed by atoms with van der Waals surface area (Å²) in [5.74, 6) is 0.472. The van der Waals surface area contributed by atoms with Crippen LogP contribution in [0.1, 0.15) is 11.7 Å². The predicted molar refractivity (Wildman–Crippen MR) is 74.6 cm³/mol. The van der Waals surface area contributed by atoms with Crippen molar-refractivity contribution in [1.29, 1.82) is 0 Å². The number of hydrogen-bond acceptors (Lipinski definition) is 3. The Bertz CT molecular complexity index is 458. The molecule has 0 amide bonds. The minimum absolute atomic E-state index is 0.472. The molecule has 0 saturated carbocycles. The maximum absolute atomic E-state index is 10.0. The van der Waals surface area contributed by atoms with E-state index in [4.69, 9.17) is 0 Å². The molecule has 0 spiro atoms. The summed E-state index contributed by atoms with van der Waals surface area (Å²) in [6.45, 7) is 0. The highest BCUT2D eigenvalue weighted by molar-refractivity contribution is 7.99. The van der Waals surface area contributed by atoms with Crippen molar-refractivity contribution >= 4 is 11.8 Å². The zero-order valence-electron chi connectivity index (χ0n) is 9.94. The molecule has 0 fully saturated rings. The largest absolute Gasteiger partial charge is 0.389 e. The van der Waals surface area contributed by atoms with Gasteiger partial charge in [-0.3, -0.25) is 0 Å². The van der Waals surface area contributed by atoms with Crippen LogP contribution < -0.4 is 0 Å². The third-order valence-electron chi connectivity index (χ3n) is 2.67. The number of aliphatic hydroxyl groups is 2. The second kappa shape index (κ2) is 6.59. The van der Waals surface area contributed by atoms with Crippen molar-refractivity contribution in [3.63, 3.8) is 0 Å². The van der Waals surface area contributed by atoms with Crippen LogP contribution in [-0.2, 0) is 0 Å². The molecule has 0 bridgehead atoms. The Morgan fingerprint density at radius 1 is 0.833 bits per heavy atom. The van der Waals surface area contributed by atoms with Gasteiger partial charge in [-0.1, -0.05) is 48.5 Å². The van der Waals surface area contributed by atoms with Gasteiger partial charge in [0.15, 0.2) is 0 Å². The van der Waals surface area contributed by atoms with E-state index in [1.165, 1.54) is 0 Å². The first-order valence-electron chi connectivity index (χ1n) is 5.86. The molecule has 2 rings (SSSR count). The molecule has 2 nitrogen and oxygen atoms in total. The van der Waals surface area contributed by atoms with Gasteiger partial charge >= 0.3 is 0 Å². The van der Waals surface area contributed by atoms with Gasteiger partial charge in [0, 0.05) is 10.6 Å². The van der Waals surface area contributed by atoms with Crippen molar-refractivity contribution < 1.29 is 10.2 Å². The Labute approximate surface area is 111 Å². The van der Waals surface area contributed by atoms with Gasteiger partial charge in [-0.2, -0.15) is 0 Å². The van der Waals surface area contributed by atoms with E-state index >= 15 is 0 Å². The summed E-state index contributed by atoms with van der Waals surface area (Å²) in [6.07, 6.45) is -1.60. The van der Waals surface area contributed by atoms with E-state index in [0.29, 0.717) is 5.75 Å². The fraction of sp³-hybridized carbons (Fsp3) is 0.200. The van der Waals surface area contributed by atoms with Gasteiger partial charge in [-0.15, -0.1) is 11.8 Å². The van der Waals surface area contributed by atoms with E-state index in [2.05, 4.69) is 0 Å². The molecule has 0 heterocycles. The van der Waals surface area contributed by atoms with Crippen LogP contribution in [0.4, 0.5) is 0 Å². The number of benzene rings is 2. The molecule has 2 aromatic rings. The molecular formula is C15H16O2S. The molecule has 2 atom stereocenters. The first kappa shape index (κ1) is 13.1. The maximum atomic E-state index is 10.0. The summed E-state index contributed by atoms with van der Waals surface area (Å²) >= 11 is 1.54. The van der Waals surface area contributed by atoms with Gasteiger partial charge in [0.25, 0.3) is 0 Å². The summed E-state index contributed by atoms with van der Waals surface area (Å²) in [7, 11) is 0. The van der Waals surface area contributed by atoms with Crippen molar-refractivity contribution in [3.8, 4) is 0 Å². The third-order valence-corrected chi connectivity index (χ3v) is 3.78.